The van der Waals surface area contributed by atoms with Crippen molar-refractivity contribution < 1.29 is 32.7 Å². The second-order valence-corrected chi connectivity index (χ2v) is 13.9. The molecule has 10 heteroatoms. The summed E-state index contributed by atoms with van der Waals surface area (Å²) in [6.45, 7) is 10.7. The Kier molecular flexibility index (Phi) is 10.1. The minimum absolute atomic E-state index is 0.00194. The highest BCUT2D eigenvalue weighted by atomic mass is 19.4. The summed E-state index contributed by atoms with van der Waals surface area (Å²) in [5, 5.41) is 11.5. The number of amides is 2. The number of hydrogen-bond acceptors (Lipinski definition) is 4. The fourth-order valence-electron chi connectivity index (χ4n) is 6.45. The molecule has 1 fully saturated rings. The summed E-state index contributed by atoms with van der Waals surface area (Å²) in [6, 6.07) is 11.3. The number of benzene rings is 2. The van der Waals surface area contributed by atoms with Gasteiger partial charge in [-0.1, -0.05) is 58.9 Å². The summed E-state index contributed by atoms with van der Waals surface area (Å²) in [5.74, 6) is -0.861. The van der Waals surface area contributed by atoms with Gasteiger partial charge in [0.25, 0.3) is 11.8 Å². The van der Waals surface area contributed by atoms with Crippen LogP contribution in [0, 0.1) is 17.3 Å². The van der Waals surface area contributed by atoms with Gasteiger partial charge in [-0.05, 0) is 85.6 Å². The third-order valence-corrected chi connectivity index (χ3v) is 9.09. The van der Waals surface area contributed by atoms with Gasteiger partial charge in [0.15, 0.2) is 0 Å². The number of carbonyl (C=O) groups excluding carboxylic acids is 2. The molecule has 0 radical (unpaired) electrons. The molecule has 2 aromatic rings. The highest BCUT2D eigenvalue weighted by Crippen LogP contribution is 2.48. The summed E-state index contributed by atoms with van der Waals surface area (Å²) >= 11 is 0. The normalized spacial score (nSPS) is 21.3. The van der Waals surface area contributed by atoms with Gasteiger partial charge in [-0.3, -0.25) is 19.4 Å². The molecule has 2 aliphatic rings. The van der Waals surface area contributed by atoms with Crippen LogP contribution in [0.25, 0.3) is 0 Å². The average molecular weight is 628 g/mol. The van der Waals surface area contributed by atoms with Gasteiger partial charge in [-0.15, -0.1) is 0 Å². The summed E-state index contributed by atoms with van der Waals surface area (Å²) in [5.41, 5.74) is -0.391. The Morgan fingerprint density at radius 3 is 2.27 bits per heavy atom. The first-order valence-electron chi connectivity index (χ1n) is 15.7. The van der Waals surface area contributed by atoms with Gasteiger partial charge in [-0.25, -0.2) is 0 Å². The smallest absolute Gasteiger partial charge is 0.416 e. The Morgan fingerprint density at radius 2 is 1.71 bits per heavy atom. The van der Waals surface area contributed by atoms with E-state index in [9.17, 15) is 27.6 Å². The van der Waals surface area contributed by atoms with Crippen LogP contribution >= 0.6 is 0 Å². The monoisotopic (exact) mass is 627 g/mol. The molecular weight excluding hydrogens is 583 g/mol. The molecule has 0 aromatic heterocycles. The van der Waals surface area contributed by atoms with Gasteiger partial charge in [-0.2, -0.15) is 13.2 Å². The van der Waals surface area contributed by atoms with E-state index in [1.165, 1.54) is 12.1 Å². The number of carboxylic acids is 1. The van der Waals surface area contributed by atoms with Crippen molar-refractivity contribution in [1.29, 1.82) is 0 Å². The lowest BCUT2D eigenvalue weighted by atomic mass is 9.75. The molecule has 7 nitrogen and oxygen atoms in total. The van der Waals surface area contributed by atoms with E-state index < -0.39 is 35.3 Å². The van der Waals surface area contributed by atoms with Gasteiger partial charge in [0.2, 0.25) is 0 Å². The molecule has 2 N–H and O–H groups in total. The van der Waals surface area contributed by atoms with E-state index in [2.05, 4.69) is 39.9 Å². The van der Waals surface area contributed by atoms with Gasteiger partial charge in [0.1, 0.15) is 11.4 Å². The van der Waals surface area contributed by atoms with Crippen LogP contribution in [-0.2, 0) is 15.8 Å². The van der Waals surface area contributed by atoms with Gasteiger partial charge in [0, 0.05) is 17.7 Å². The Balaban J connectivity index is 1.75. The summed E-state index contributed by atoms with van der Waals surface area (Å²) in [7, 11) is 0. The molecule has 1 heterocycles. The van der Waals surface area contributed by atoms with Crippen LogP contribution in [0.1, 0.15) is 113 Å². The Bertz CT molecular complexity index is 1420. The van der Waals surface area contributed by atoms with E-state index in [0.717, 1.165) is 37.0 Å². The van der Waals surface area contributed by atoms with Crippen LogP contribution in [-0.4, -0.2) is 45.7 Å². The van der Waals surface area contributed by atoms with Crippen molar-refractivity contribution in [2.45, 2.75) is 97.4 Å². The first-order valence-corrected chi connectivity index (χ1v) is 15.7. The van der Waals surface area contributed by atoms with Crippen molar-refractivity contribution in [3.63, 3.8) is 0 Å². The molecule has 2 amide bonds. The number of rotatable bonds is 10. The standard InChI is InChI=1S/C35H44F3N3O4/c1-22(2)23-13-18-34(19-14-23)40-30(26-7-6-8-27(21-26)35(36,37)38)32(45)41(34)28(15-17-33(3,4)5)24-9-11-25(12-10-24)31(44)39-20-16-29(42)43/h6-12,21-23,28H,13-20H2,1-5H3,(H,39,44)(H,42,43)/t23?,28-,34?/m1/s1. The number of hydrogen-bond donors (Lipinski definition) is 2. The molecule has 0 unspecified atom stereocenters. The molecule has 1 aliphatic carbocycles. The largest absolute Gasteiger partial charge is 0.481 e. The topological polar surface area (TPSA) is 99.1 Å². The summed E-state index contributed by atoms with van der Waals surface area (Å²) in [4.78, 5) is 44.8. The highest BCUT2D eigenvalue weighted by molar-refractivity contribution is 6.46. The zero-order chi connectivity index (χ0) is 33.2. The van der Waals surface area contributed by atoms with Crippen molar-refractivity contribution in [3.05, 3.63) is 70.8 Å². The fraction of sp³-hybridized carbons (Fsp3) is 0.543. The van der Waals surface area contributed by atoms with Crippen molar-refractivity contribution in [2.24, 2.45) is 22.2 Å². The molecule has 244 valence electrons. The minimum Gasteiger partial charge on any atom is -0.481 e. The van der Waals surface area contributed by atoms with Crippen molar-refractivity contribution in [2.75, 3.05) is 6.54 Å². The molecule has 45 heavy (non-hydrogen) atoms. The van der Waals surface area contributed by atoms with E-state index in [1.807, 2.05) is 17.0 Å². The lowest BCUT2D eigenvalue weighted by Crippen LogP contribution is -2.51. The van der Waals surface area contributed by atoms with Crippen LogP contribution in [0.5, 0.6) is 0 Å². The second-order valence-electron chi connectivity index (χ2n) is 13.9. The quantitative estimate of drug-likeness (QED) is 0.283. The first-order chi connectivity index (χ1) is 21.0. The summed E-state index contributed by atoms with van der Waals surface area (Å²) < 4.78 is 41.0. The van der Waals surface area contributed by atoms with Crippen molar-refractivity contribution in [1.82, 2.24) is 10.2 Å². The molecule has 0 bridgehead atoms. The van der Waals surface area contributed by atoms with Crippen molar-refractivity contribution >= 4 is 23.5 Å². The zero-order valence-corrected chi connectivity index (χ0v) is 26.7. The Labute approximate surface area is 263 Å². The number of halogens is 3. The summed E-state index contributed by atoms with van der Waals surface area (Å²) in [6.07, 6.45) is -0.459. The van der Waals surface area contributed by atoms with E-state index in [1.54, 1.807) is 12.1 Å². The number of alkyl halides is 3. The van der Waals surface area contributed by atoms with Crippen molar-refractivity contribution in [3.8, 4) is 0 Å². The van der Waals surface area contributed by atoms with E-state index in [4.69, 9.17) is 10.1 Å². The predicted molar refractivity (Wildman–Crippen MR) is 167 cm³/mol. The lowest BCUT2D eigenvalue weighted by Gasteiger charge is -2.46. The van der Waals surface area contributed by atoms with Gasteiger partial charge in [0.05, 0.1) is 18.0 Å². The maximum Gasteiger partial charge on any atom is 0.416 e. The molecule has 1 aliphatic heterocycles. The zero-order valence-electron chi connectivity index (χ0n) is 26.7. The number of nitrogens with zero attached hydrogens (tertiary/aromatic N) is 2. The third kappa shape index (κ3) is 8.13. The molecule has 0 saturated heterocycles. The molecular formula is C35H44F3N3O4. The van der Waals surface area contributed by atoms with E-state index in [0.29, 0.717) is 36.7 Å². The number of carboxylic acid groups (broad SMARTS) is 1. The first kappa shape index (κ1) is 34.2. The maximum absolute atomic E-state index is 14.4. The lowest BCUT2D eigenvalue weighted by molar-refractivity contribution is -0.138. The Morgan fingerprint density at radius 1 is 1.07 bits per heavy atom. The van der Waals surface area contributed by atoms with Crippen LogP contribution in [0.15, 0.2) is 53.5 Å². The Hall–Kier alpha value is -3.69. The van der Waals surface area contributed by atoms with E-state index >= 15 is 0 Å². The van der Waals surface area contributed by atoms with Gasteiger partial charge >= 0.3 is 12.1 Å². The van der Waals surface area contributed by atoms with Crippen LogP contribution < -0.4 is 5.32 Å². The van der Waals surface area contributed by atoms with Crippen LogP contribution in [0.2, 0.25) is 0 Å². The van der Waals surface area contributed by atoms with Crippen LogP contribution in [0.4, 0.5) is 13.2 Å². The molecule has 1 saturated carbocycles. The number of aliphatic carboxylic acids is 1. The van der Waals surface area contributed by atoms with Gasteiger partial charge < -0.3 is 15.3 Å². The number of aliphatic imine (C=N–C) groups is 1. The molecule has 4 rings (SSSR count). The number of nitrogens with one attached hydrogen (secondary N) is 1. The minimum atomic E-state index is -4.55. The average Bonchev–Trinajstić information content (AvgIpc) is 3.23. The second kappa shape index (κ2) is 13.3. The third-order valence-electron chi connectivity index (χ3n) is 9.09. The van der Waals surface area contributed by atoms with Crippen LogP contribution in [0.3, 0.4) is 0 Å². The molecule has 1 atom stereocenters. The fourth-order valence-corrected chi connectivity index (χ4v) is 6.45. The SMILES string of the molecule is CC(C)C1CCC2(CC1)N=C(c1cccc(C(F)(F)F)c1)C(=O)N2[C@H](CCC(C)(C)C)c1ccc(C(=O)NCCC(=O)O)cc1. The maximum atomic E-state index is 14.4. The predicted octanol–water partition coefficient (Wildman–Crippen LogP) is 7.65. The molecule has 1 spiro atoms. The highest BCUT2D eigenvalue weighted by Gasteiger charge is 2.52. The molecule has 2 aromatic carbocycles. The van der Waals surface area contributed by atoms with E-state index in [-0.39, 0.29) is 35.6 Å². The number of carbonyl (C=O) groups is 3.